The standard InChI is InChI=1S/C12H17BrFNO/c1-9(15)7-10-3-4-12(11(13)8-10)16-6-2-5-14/h3-4,8-9H,2,5-7,15H2,1H3. The number of halogens is 2. The molecule has 0 aliphatic rings. The van der Waals surface area contributed by atoms with E-state index in [0.29, 0.717) is 13.0 Å². The highest BCUT2D eigenvalue weighted by Crippen LogP contribution is 2.26. The first-order chi connectivity index (χ1) is 7.63. The molecule has 1 atom stereocenters. The molecule has 0 saturated carbocycles. The Bertz CT molecular complexity index is 331. The Morgan fingerprint density at radius 2 is 2.25 bits per heavy atom. The summed E-state index contributed by atoms with van der Waals surface area (Å²) in [5.74, 6) is 0.752. The SMILES string of the molecule is CC(N)Cc1ccc(OCCCF)c(Br)c1. The maximum absolute atomic E-state index is 11.9. The zero-order chi connectivity index (χ0) is 12.0. The van der Waals surface area contributed by atoms with E-state index in [1.54, 1.807) is 0 Å². The van der Waals surface area contributed by atoms with Crippen LogP contribution in [-0.2, 0) is 6.42 Å². The van der Waals surface area contributed by atoms with Crippen molar-refractivity contribution < 1.29 is 9.13 Å². The van der Waals surface area contributed by atoms with Gasteiger partial charge in [0.25, 0.3) is 0 Å². The van der Waals surface area contributed by atoms with E-state index in [0.717, 1.165) is 16.6 Å². The van der Waals surface area contributed by atoms with Crippen LogP contribution in [0.25, 0.3) is 0 Å². The Morgan fingerprint density at radius 1 is 1.50 bits per heavy atom. The summed E-state index contributed by atoms with van der Waals surface area (Å²) in [5.41, 5.74) is 6.89. The quantitative estimate of drug-likeness (QED) is 0.817. The highest BCUT2D eigenvalue weighted by molar-refractivity contribution is 9.10. The zero-order valence-corrected chi connectivity index (χ0v) is 11.0. The van der Waals surface area contributed by atoms with E-state index >= 15 is 0 Å². The topological polar surface area (TPSA) is 35.2 Å². The van der Waals surface area contributed by atoms with Gasteiger partial charge in [-0.05, 0) is 47.0 Å². The number of alkyl halides is 1. The van der Waals surface area contributed by atoms with E-state index in [2.05, 4.69) is 15.9 Å². The first-order valence-electron chi connectivity index (χ1n) is 5.36. The molecule has 0 bridgehead atoms. The molecule has 0 amide bonds. The fourth-order valence-electron chi connectivity index (χ4n) is 1.40. The molecule has 0 fully saturated rings. The van der Waals surface area contributed by atoms with Crippen molar-refractivity contribution in [2.45, 2.75) is 25.8 Å². The fourth-order valence-corrected chi connectivity index (χ4v) is 1.94. The van der Waals surface area contributed by atoms with Crippen molar-refractivity contribution in [2.75, 3.05) is 13.3 Å². The predicted octanol–water partition coefficient (Wildman–Crippen LogP) is 3.08. The number of nitrogens with two attached hydrogens (primary N) is 1. The van der Waals surface area contributed by atoms with Gasteiger partial charge in [-0.25, -0.2) is 0 Å². The maximum atomic E-state index is 11.9. The highest BCUT2D eigenvalue weighted by atomic mass is 79.9. The summed E-state index contributed by atoms with van der Waals surface area (Å²) in [7, 11) is 0. The van der Waals surface area contributed by atoms with Crippen LogP contribution >= 0.6 is 15.9 Å². The van der Waals surface area contributed by atoms with Crippen LogP contribution in [0.5, 0.6) is 5.75 Å². The van der Waals surface area contributed by atoms with Crippen LogP contribution in [0, 0.1) is 0 Å². The molecule has 0 spiro atoms. The summed E-state index contributed by atoms with van der Waals surface area (Å²) < 4.78 is 18.2. The minimum Gasteiger partial charge on any atom is -0.492 e. The van der Waals surface area contributed by atoms with Crippen molar-refractivity contribution in [3.8, 4) is 5.75 Å². The van der Waals surface area contributed by atoms with Crippen molar-refractivity contribution >= 4 is 15.9 Å². The lowest BCUT2D eigenvalue weighted by Crippen LogP contribution is -2.17. The zero-order valence-electron chi connectivity index (χ0n) is 9.38. The van der Waals surface area contributed by atoms with Crippen LogP contribution in [0.3, 0.4) is 0 Å². The van der Waals surface area contributed by atoms with Crippen molar-refractivity contribution in [2.24, 2.45) is 5.73 Å². The molecule has 90 valence electrons. The Hall–Kier alpha value is -0.610. The molecule has 2 N–H and O–H groups in total. The van der Waals surface area contributed by atoms with Crippen molar-refractivity contribution in [3.63, 3.8) is 0 Å². The van der Waals surface area contributed by atoms with Gasteiger partial charge in [0.05, 0.1) is 17.8 Å². The van der Waals surface area contributed by atoms with Gasteiger partial charge in [0.15, 0.2) is 0 Å². The largest absolute Gasteiger partial charge is 0.492 e. The second kappa shape index (κ2) is 6.86. The normalized spacial score (nSPS) is 12.5. The first kappa shape index (κ1) is 13.5. The number of benzene rings is 1. The molecular formula is C12H17BrFNO. The monoisotopic (exact) mass is 289 g/mol. The first-order valence-corrected chi connectivity index (χ1v) is 6.15. The molecule has 1 unspecified atom stereocenters. The summed E-state index contributed by atoms with van der Waals surface area (Å²) in [6, 6.07) is 6.01. The smallest absolute Gasteiger partial charge is 0.133 e. The van der Waals surface area contributed by atoms with Gasteiger partial charge in [-0.2, -0.15) is 0 Å². The second-order valence-electron chi connectivity index (χ2n) is 3.84. The van der Waals surface area contributed by atoms with Gasteiger partial charge in [0.2, 0.25) is 0 Å². The van der Waals surface area contributed by atoms with E-state index in [9.17, 15) is 4.39 Å². The Morgan fingerprint density at radius 3 is 2.81 bits per heavy atom. The van der Waals surface area contributed by atoms with Crippen molar-refractivity contribution in [1.82, 2.24) is 0 Å². The Labute approximate surface area is 104 Å². The summed E-state index contributed by atoms with van der Waals surface area (Å²) in [5, 5.41) is 0. The molecule has 4 heteroatoms. The van der Waals surface area contributed by atoms with Gasteiger partial charge in [0.1, 0.15) is 5.75 Å². The average molecular weight is 290 g/mol. The molecule has 0 heterocycles. The Kier molecular flexibility index (Phi) is 5.77. The highest BCUT2D eigenvalue weighted by Gasteiger charge is 2.04. The molecular weight excluding hydrogens is 273 g/mol. The van der Waals surface area contributed by atoms with Crippen LogP contribution in [0.15, 0.2) is 22.7 Å². The van der Waals surface area contributed by atoms with E-state index < -0.39 is 0 Å². The molecule has 1 aromatic carbocycles. The molecule has 1 rings (SSSR count). The molecule has 1 aromatic rings. The molecule has 2 nitrogen and oxygen atoms in total. The molecule has 0 aliphatic heterocycles. The van der Waals surface area contributed by atoms with Gasteiger partial charge in [-0.1, -0.05) is 6.07 Å². The lowest BCUT2D eigenvalue weighted by Gasteiger charge is -2.10. The van der Waals surface area contributed by atoms with Crippen LogP contribution < -0.4 is 10.5 Å². The summed E-state index contributed by atoms with van der Waals surface area (Å²) in [6.45, 7) is 2.03. The lowest BCUT2D eigenvalue weighted by molar-refractivity contribution is 0.288. The maximum Gasteiger partial charge on any atom is 0.133 e. The van der Waals surface area contributed by atoms with E-state index in [4.69, 9.17) is 10.5 Å². The van der Waals surface area contributed by atoms with E-state index in [1.807, 2.05) is 25.1 Å². The number of rotatable bonds is 6. The third-order valence-corrected chi connectivity index (χ3v) is 2.71. The summed E-state index contributed by atoms with van der Waals surface area (Å²) >= 11 is 3.43. The molecule has 0 aliphatic carbocycles. The summed E-state index contributed by atoms with van der Waals surface area (Å²) in [4.78, 5) is 0. The van der Waals surface area contributed by atoms with E-state index in [-0.39, 0.29) is 12.7 Å². The van der Waals surface area contributed by atoms with Gasteiger partial charge in [-0.3, -0.25) is 4.39 Å². The third kappa shape index (κ3) is 4.49. The van der Waals surface area contributed by atoms with Crippen molar-refractivity contribution in [1.29, 1.82) is 0 Å². The molecule has 0 saturated heterocycles. The van der Waals surface area contributed by atoms with Crippen molar-refractivity contribution in [3.05, 3.63) is 28.2 Å². The van der Waals surface area contributed by atoms with Crippen LogP contribution in [-0.4, -0.2) is 19.3 Å². The van der Waals surface area contributed by atoms with Crippen LogP contribution in [0.4, 0.5) is 4.39 Å². The van der Waals surface area contributed by atoms with Crippen LogP contribution in [0.2, 0.25) is 0 Å². The molecule has 16 heavy (non-hydrogen) atoms. The second-order valence-corrected chi connectivity index (χ2v) is 4.69. The number of hydrogen-bond donors (Lipinski definition) is 1. The van der Waals surface area contributed by atoms with E-state index in [1.165, 1.54) is 5.56 Å². The lowest BCUT2D eigenvalue weighted by atomic mass is 10.1. The number of hydrogen-bond acceptors (Lipinski definition) is 2. The van der Waals surface area contributed by atoms with Gasteiger partial charge < -0.3 is 10.5 Å². The fraction of sp³-hybridized carbons (Fsp3) is 0.500. The van der Waals surface area contributed by atoms with Crippen LogP contribution in [0.1, 0.15) is 18.9 Å². The van der Waals surface area contributed by atoms with Gasteiger partial charge in [0, 0.05) is 12.5 Å². The minimum absolute atomic E-state index is 0.144. The molecule has 0 aromatic heterocycles. The van der Waals surface area contributed by atoms with Gasteiger partial charge >= 0.3 is 0 Å². The number of ether oxygens (including phenoxy) is 1. The molecule has 0 radical (unpaired) electrons. The van der Waals surface area contributed by atoms with Gasteiger partial charge in [-0.15, -0.1) is 0 Å². The average Bonchev–Trinajstić information content (AvgIpc) is 2.20. The third-order valence-electron chi connectivity index (χ3n) is 2.09. The predicted molar refractivity (Wildman–Crippen MR) is 67.6 cm³/mol. The Balaban J connectivity index is 2.60. The minimum atomic E-state index is -0.347. The summed E-state index contributed by atoms with van der Waals surface area (Å²) in [6.07, 6.45) is 1.26.